The average molecular weight is 547 g/mol. The van der Waals surface area contributed by atoms with Crippen molar-refractivity contribution in [1.29, 1.82) is 0 Å². The minimum absolute atomic E-state index is 0. The second-order valence-corrected chi connectivity index (χ2v) is 8.41. The van der Waals surface area contributed by atoms with Crippen molar-refractivity contribution in [3.8, 4) is 43.5 Å². The summed E-state index contributed by atoms with van der Waals surface area (Å²) >= 11 is 1.69. The van der Waals surface area contributed by atoms with Gasteiger partial charge in [0.15, 0.2) is 0 Å². The third-order valence-electron chi connectivity index (χ3n) is 5.35. The van der Waals surface area contributed by atoms with Crippen molar-refractivity contribution in [2.45, 2.75) is 0 Å². The number of nitrogens with zero attached hydrogens (tertiary/aromatic N) is 4. The van der Waals surface area contributed by atoms with Crippen molar-refractivity contribution >= 4 is 54.2 Å². The van der Waals surface area contributed by atoms with E-state index in [0.717, 1.165) is 49.2 Å². The molecular formula is C25H19Cl3FN5S. The van der Waals surface area contributed by atoms with Gasteiger partial charge in [-0.25, -0.2) is 9.37 Å². The Morgan fingerprint density at radius 3 is 2.34 bits per heavy atom. The first-order valence-electron chi connectivity index (χ1n) is 10.0. The normalized spacial score (nSPS) is 10.3. The molecule has 0 radical (unpaired) electrons. The summed E-state index contributed by atoms with van der Waals surface area (Å²) in [5, 5.41) is 7.35. The Morgan fingerprint density at radius 2 is 1.57 bits per heavy atom. The molecule has 10 heteroatoms. The summed E-state index contributed by atoms with van der Waals surface area (Å²) in [6.45, 7) is 0. The van der Waals surface area contributed by atoms with Crippen molar-refractivity contribution in [2.24, 2.45) is 0 Å². The third-order valence-corrected chi connectivity index (χ3v) is 6.48. The number of nitrogens with one attached hydrogen (secondary N) is 1. The lowest BCUT2D eigenvalue weighted by atomic mass is 10.0. The fourth-order valence-electron chi connectivity index (χ4n) is 3.78. The van der Waals surface area contributed by atoms with Crippen molar-refractivity contribution in [1.82, 2.24) is 24.6 Å². The van der Waals surface area contributed by atoms with Gasteiger partial charge in [0.2, 0.25) is 0 Å². The number of thiophene rings is 1. The van der Waals surface area contributed by atoms with Crippen LogP contribution in [0.2, 0.25) is 0 Å². The van der Waals surface area contributed by atoms with Gasteiger partial charge >= 0.3 is 0 Å². The van der Waals surface area contributed by atoms with Gasteiger partial charge in [-0.15, -0.1) is 48.6 Å². The fourth-order valence-corrected chi connectivity index (χ4v) is 4.77. The lowest BCUT2D eigenvalue weighted by molar-refractivity contribution is 0.628. The van der Waals surface area contributed by atoms with E-state index in [1.54, 1.807) is 29.7 Å². The third kappa shape index (κ3) is 4.94. The molecule has 6 rings (SSSR count). The molecule has 0 aliphatic heterocycles. The molecule has 5 aromatic heterocycles. The molecule has 0 unspecified atom stereocenters. The summed E-state index contributed by atoms with van der Waals surface area (Å²) in [4.78, 5) is 11.3. The van der Waals surface area contributed by atoms with Gasteiger partial charge in [-0.3, -0.25) is 14.5 Å². The van der Waals surface area contributed by atoms with E-state index >= 15 is 0 Å². The molecule has 0 fully saturated rings. The first-order chi connectivity index (χ1) is 15.8. The van der Waals surface area contributed by atoms with E-state index in [-0.39, 0.29) is 43.0 Å². The number of benzene rings is 1. The van der Waals surface area contributed by atoms with Crippen molar-refractivity contribution < 1.29 is 4.39 Å². The van der Waals surface area contributed by atoms with Crippen LogP contribution in [-0.2, 0) is 0 Å². The highest BCUT2D eigenvalue weighted by Gasteiger charge is 2.14. The molecule has 1 aromatic carbocycles. The molecule has 0 atom stereocenters. The molecule has 35 heavy (non-hydrogen) atoms. The highest BCUT2D eigenvalue weighted by molar-refractivity contribution is 7.18. The molecule has 5 heterocycles. The van der Waals surface area contributed by atoms with Gasteiger partial charge in [0.1, 0.15) is 11.5 Å². The highest BCUT2D eigenvalue weighted by atomic mass is 35.5. The fraction of sp³-hybridized carbons (Fsp3) is 0. The number of imidazole rings is 1. The van der Waals surface area contributed by atoms with E-state index in [1.165, 1.54) is 12.1 Å². The second-order valence-electron chi connectivity index (χ2n) is 7.32. The van der Waals surface area contributed by atoms with Crippen molar-refractivity contribution in [3.63, 3.8) is 0 Å². The van der Waals surface area contributed by atoms with Crippen LogP contribution in [0, 0.1) is 5.82 Å². The van der Waals surface area contributed by atoms with Crippen LogP contribution in [0.25, 0.3) is 49.2 Å². The zero-order chi connectivity index (χ0) is 21.5. The number of rotatable bonds is 4. The summed E-state index contributed by atoms with van der Waals surface area (Å²) < 4.78 is 15.5. The predicted molar refractivity (Wildman–Crippen MR) is 146 cm³/mol. The van der Waals surface area contributed by atoms with Gasteiger partial charge in [0.05, 0.1) is 33.0 Å². The maximum Gasteiger partial charge on any atom is 0.137 e. The number of aromatic amines is 1. The van der Waals surface area contributed by atoms with Crippen LogP contribution < -0.4 is 0 Å². The zero-order valence-electron chi connectivity index (χ0n) is 18.0. The summed E-state index contributed by atoms with van der Waals surface area (Å²) in [6.07, 6.45) is 7.62. The molecule has 6 aromatic rings. The minimum Gasteiger partial charge on any atom is -0.298 e. The SMILES string of the molecule is Cl.Cl.Cl.Fc1ccc(-c2n[nH]cc2-c2ccc3ncc(-c4ccc(-c5ccccn5)s4)n3c2)cc1. The van der Waals surface area contributed by atoms with Crippen LogP contribution in [0.5, 0.6) is 0 Å². The maximum atomic E-state index is 13.4. The molecule has 0 bridgehead atoms. The van der Waals surface area contributed by atoms with Gasteiger partial charge in [-0.05, 0) is 60.7 Å². The maximum absolute atomic E-state index is 13.4. The van der Waals surface area contributed by atoms with Crippen LogP contribution in [0.1, 0.15) is 0 Å². The van der Waals surface area contributed by atoms with E-state index in [0.29, 0.717) is 0 Å². The minimum atomic E-state index is -0.267. The van der Waals surface area contributed by atoms with Gasteiger partial charge in [0, 0.05) is 35.3 Å². The molecule has 0 saturated carbocycles. The number of hydrogen-bond acceptors (Lipinski definition) is 4. The van der Waals surface area contributed by atoms with Crippen LogP contribution >= 0.6 is 48.6 Å². The number of fused-ring (bicyclic) bond motifs is 1. The van der Waals surface area contributed by atoms with Gasteiger partial charge in [0.25, 0.3) is 0 Å². The summed E-state index contributed by atoms with van der Waals surface area (Å²) in [5.41, 5.74) is 6.40. The molecular weight excluding hydrogens is 528 g/mol. The first-order valence-corrected chi connectivity index (χ1v) is 10.9. The molecule has 0 spiro atoms. The van der Waals surface area contributed by atoms with Crippen molar-refractivity contribution in [2.75, 3.05) is 0 Å². The quantitative estimate of drug-likeness (QED) is 0.248. The summed E-state index contributed by atoms with van der Waals surface area (Å²) in [6, 6.07) is 20.5. The van der Waals surface area contributed by atoms with Gasteiger partial charge in [-0.2, -0.15) is 5.10 Å². The van der Waals surface area contributed by atoms with E-state index in [9.17, 15) is 4.39 Å². The monoisotopic (exact) mass is 545 g/mol. The molecule has 178 valence electrons. The van der Waals surface area contributed by atoms with Crippen LogP contribution in [0.3, 0.4) is 0 Å². The Balaban J connectivity index is 0.00000114. The van der Waals surface area contributed by atoms with Gasteiger partial charge in [-0.1, -0.05) is 6.07 Å². The number of H-pyrrole nitrogens is 1. The van der Waals surface area contributed by atoms with Gasteiger partial charge < -0.3 is 0 Å². The lowest BCUT2D eigenvalue weighted by Crippen LogP contribution is -1.90. The van der Waals surface area contributed by atoms with E-state index in [4.69, 9.17) is 0 Å². The molecule has 0 saturated heterocycles. The van der Waals surface area contributed by atoms with E-state index < -0.39 is 0 Å². The Hall–Kier alpha value is -3.23. The zero-order valence-corrected chi connectivity index (χ0v) is 21.2. The van der Waals surface area contributed by atoms with Crippen molar-refractivity contribution in [3.05, 3.63) is 97.3 Å². The smallest absolute Gasteiger partial charge is 0.137 e. The Bertz CT molecular complexity index is 1540. The number of halogens is 4. The first kappa shape index (κ1) is 26.4. The average Bonchev–Trinajstić information content (AvgIpc) is 3.58. The Kier molecular flexibility index (Phi) is 8.30. The molecule has 0 aliphatic carbocycles. The van der Waals surface area contributed by atoms with Crippen LogP contribution in [0.15, 0.2) is 91.5 Å². The lowest BCUT2D eigenvalue weighted by Gasteiger charge is -2.06. The second kappa shape index (κ2) is 11.0. The largest absolute Gasteiger partial charge is 0.298 e. The summed E-state index contributed by atoms with van der Waals surface area (Å²) in [7, 11) is 0. The van der Waals surface area contributed by atoms with E-state index in [1.807, 2.05) is 42.7 Å². The van der Waals surface area contributed by atoms with E-state index in [2.05, 4.69) is 42.9 Å². The summed E-state index contributed by atoms with van der Waals surface area (Å²) in [5.74, 6) is -0.267. The molecule has 0 amide bonds. The number of pyridine rings is 2. The topological polar surface area (TPSA) is 58.9 Å². The number of hydrogen-bond donors (Lipinski definition) is 1. The Labute approximate surface area is 223 Å². The highest BCUT2D eigenvalue weighted by Crippen LogP contribution is 2.35. The predicted octanol–water partition coefficient (Wildman–Crippen LogP) is 7.59. The molecule has 1 N–H and O–H groups in total. The standard InChI is InChI=1S/C25H16FN5S.3ClH/c26-18-7-4-16(5-8-18)25-19(13-29-30-25)17-6-11-24-28-14-21(31(24)15-17)23-10-9-22(32-23)20-3-1-2-12-27-20;;;/h1-15H,(H,29,30);3*1H. The molecule has 5 nitrogen and oxygen atoms in total. The van der Waals surface area contributed by atoms with Crippen LogP contribution in [0.4, 0.5) is 4.39 Å². The number of aromatic nitrogens is 5. The molecule has 0 aliphatic rings. The van der Waals surface area contributed by atoms with Crippen LogP contribution in [-0.4, -0.2) is 24.6 Å². The Morgan fingerprint density at radius 1 is 0.800 bits per heavy atom.